The van der Waals surface area contributed by atoms with E-state index in [2.05, 4.69) is 26.7 Å². The molecule has 3 rings (SSSR count). The molecule has 0 saturated carbocycles. The van der Waals surface area contributed by atoms with E-state index in [4.69, 9.17) is 4.84 Å². The standard InChI is InChI=1S/C20H21FN4O/c1-15-8-12-22-17(19(15)21)6-3-5-16-9-13-25(14-10-16)20-18(24-26-2)7-4-11-23-20/h4-5,7-8,11-12,24H,9-10,13-14H2,1-2H3/p+1. The van der Waals surface area contributed by atoms with Crippen LogP contribution in [0.2, 0.25) is 0 Å². The van der Waals surface area contributed by atoms with Gasteiger partial charge in [0.1, 0.15) is 5.69 Å². The maximum Gasteiger partial charge on any atom is 0.204 e. The average Bonchev–Trinajstić information content (AvgIpc) is 2.67. The van der Waals surface area contributed by atoms with Crippen LogP contribution in [0, 0.1) is 24.6 Å². The number of pyridine rings is 2. The number of quaternary nitrogens is 1. The Balaban J connectivity index is 1.65. The smallest absolute Gasteiger partial charge is 0.204 e. The molecule has 2 aromatic rings. The predicted octanol–water partition coefficient (Wildman–Crippen LogP) is 2.26. The summed E-state index contributed by atoms with van der Waals surface area (Å²) >= 11 is 0. The van der Waals surface area contributed by atoms with E-state index in [0.717, 1.165) is 37.4 Å². The molecule has 1 aliphatic rings. The van der Waals surface area contributed by atoms with Crippen molar-refractivity contribution in [2.24, 2.45) is 0 Å². The van der Waals surface area contributed by atoms with Gasteiger partial charge in [-0.1, -0.05) is 11.5 Å². The molecule has 0 aliphatic carbocycles. The fraction of sp³-hybridized carbons (Fsp3) is 0.300. The molecule has 6 heteroatoms. The van der Waals surface area contributed by atoms with Crippen LogP contribution in [-0.2, 0) is 4.84 Å². The molecule has 134 valence electrons. The third-order valence-electron chi connectivity index (χ3n) is 4.32. The van der Waals surface area contributed by atoms with E-state index >= 15 is 0 Å². The first-order valence-electron chi connectivity index (χ1n) is 8.55. The van der Waals surface area contributed by atoms with Crippen molar-refractivity contribution in [1.82, 2.24) is 9.97 Å². The second-order valence-corrected chi connectivity index (χ2v) is 6.12. The summed E-state index contributed by atoms with van der Waals surface area (Å²) in [5, 5.41) is 0. The van der Waals surface area contributed by atoms with Crippen molar-refractivity contribution in [3.05, 3.63) is 59.3 Å². The first kappa shape index (κ1) is 18.1. The van der Waals surface area contributed by atoms with Gasteiger partial charge in [-0.25, -0.2) is 19.2 Å². The fourth-order valence-electron chi connectivity index (χ4n) is 2.88. The van der Waals surface area contributed by atoms with Crippen molar-refractivity contribution in [2.75, 3.05) is 25.1 Å². The molecule has 5 nitrogen and oxygen atoms in total. The molecule has 0 atom stereocenters. The molecule has 1 saturated heterocycles. The van der Waals surface area contributed by atoms with E-state index < -0.39 is 0 Å². The maximum absolute atomic E-state index is 13.9. The highest BCUT2D eigenvalue weighted by atomic mass is 19.1. The number of piperidine rings is 1. The van der Waals surface area contributed by atoms with Gasteiger partial charge in [0.25, 0.3) is 0 Å². The summed E-state index contributed by atoms with van der Waals surface area (Å²) in [5.41, 5.74) is 4.71. The van der Waals surface area contributed by atoms with E-state index in [1.807, 2.05) is 18.2 Å². The molecular weight excluding hydrogens is 331 g/mol. The molecule has 26 heavy (non-hydrogen) atoms. The lowest BCUT2D eigenvalue weighted by Gasteiger charge is -2.29. The molecule has 0 unspecified atom stereocenters. The van der Waals surface area contributed by atoms with Gasteiger partial charge in [-0.05, 0) is 49.5 Å². The van der Waals surface area contributed by atoms with Crippen molar-refractivity contribution >= 4 is 11.5 Å². The zero-order valence-corrected chi connectivity index (χ0v) is 15.0. The Morgan fingerprint density at radius 2 is 2.04 bits per heavy atom. The minimum absolute atomic E-state index is 0.201. The summed E-state index contributed by atoms with van der Waals surface area (Å²) in [4.78, 5) is 15.9. The molecule has 0 radical (unpaired) electrons. The predicted molar refractivity (Wildman–Crippen MR) is 98.2 cm³/mol. The van der Waals surface area contributed by atoms with Crippen molar-refractivity contribution in [3.63, 3.8) is 0 Å². The van der Waals surface area contributed by atoms with Gasteiger partial charge in [0.15, 0.2) is 11.6 Å². The number of nitrogens with two attached hydrogens (primary N) is 1. The second-order valence-electron chi connectivity index (χ2n) is 6.12. The molecule has 0 spiro atoms. The van der Waals surface area contributed by atoms with Gasteiger partial charge in [0.2, 0.25) is 5.69 Å². The van der Waals surface area contributed by atoms with Crippen LogP contribution in [0.1, 0.15) is 24.1 Å². The summed E-state index contributed by atoms with van der Waals surface area (Å²) in [6.45, 7) is 3.45. The third-order valence-corrected chi connectivity index (χ3v) is 4.32. The number of aryl methyl sites for hydroxylation is 1. The fourth-order valence-corrected chi connectivity index (χ4v) is 2.88. The van der Waals surface area contributed by atoms with E-state index in [-0.39, 0.29) is 11.5 Å². The van der Waals surface area contributed by atoms with Gasteiger partial charge in [0, 0.05) is 31.5 Å². The van der Waals surface area contributed by atoms with E-state index in [1.54, 1.807) is 38.0 Å². The van der Waals surface area contributed by atoms with Gasteiger partial charge >= 0.3 is 0 Å². The Morgan fingerprint density at radius 1 is 1.23 bits per heavy atom. The molecule has 2 N–H and O–H groups in total. The van der Waals surface area contributed by atoms with Crippen LogP contribution in [0.15, 0.2) is 42.2 Å². The van der Waals surface area contributed by atoms with Crippen LogP contribution >= 0.6 is 0 Å². The van der Waals surface area contributed by atoms with Gasteiger partial charge in [0.05, 0.1) is 7.11 Å². The number of nitrogens with zero attached hydrogens (tertiary/aromatic N) is 3. The monoisotopic (exact) mass is 353 g/mol. The summed E-state index contributed by atoms with van der Waals surface area (Å²) in [6.07, 6.45) is 7.07. The Labute approximate surface area is 152 Å². The van der Waals surface area contributed by atoms with E-state index in [1.165, 1.54) is 5.57 Å². The number of anilines is 1. The lowest BCUT2D eigenvalue weighted by Crippen LogP contribution is -2.76. The van der Waals surface area contributed by atoms with Crippen LogP contribution in [0.4, 0.5) is 15.9 Å². The first-order valence-corrected chi connectivity index (χ1v) is 8.55. The largest absolute Gasteiger partial charge is 0.351 e. The number of halogens is 1. The first-order chi connectivity index (χ1) is 12.7. The van der Waals surface area contributed by atoms with Gasteiger partial charge < -0.3 is 4.90 Å². The molecule has 1 fully saturated rings. The van der Waals surface area contributed by atoms with Gasteiger partial charge in [-0.3, -0.25) is 0 Å². The number of aromatic nitrogens is 2. The van der Waals surface area contributed by atoms with Crippen molar-refractivity contribution in [3.8, 4) is 11.8 Å². The van der Waals surface area contributed by atoms with Crippen LogP contribution < -0.4 is 10.4 Å². The van der Waals surface area contributed by atoms with Gasteiger partial charge in [-0.15, -0.1) is 0 Å². The maximum atomic E-state index is 13.9. The lowest BCUT2D eigenvalue weighted by atomic mass is 10.0. The Hall–Kier alpha value is -2.75. The molecule has 0 aromatic carbocycles. The van der Waals surface area contributed by atoms with Crippen molar-refractivity contribution in [2.45, 2.75) is 19.8 Å². The number of hydrogen-bond acceptors (Lipinski definition) is 4. The minimum Gasteiger partial charge on any atom is -0.351 e. The quantitative estimate of drug-likeness (QED) is 0.679. The highest BCUT2D eigenvalue weighted by Gasteiger charge is 2.19. The summed E-state index contributed by atoms with van der Waals surface area (Å²) in [6, 6.07) is 5.53. The zero-order chi connectivity index (χ0) is 18.4. The molecule has 3 heterocycles. The van der Waals surface area contributed by atoms with Crippen molar-refractivity contribution in [1.29, 1.82) is 0 Å². The number of rotatable bonds is 3. The van der Waals surface area contributed by atoms with Crippen molar-refractivity contribution < 1.29 is 14.7 Å². The summed E-state index contributed by atoms with van der Waals surface area (Å²) in [7, 11) is 1.64. The normalized spacial score (nSPS) is 14.0. The highest BCUT2D eigenvalue weighted by molar-refractivity contribution is 5.57. The minimum atomic E-state index is -0.342. The summed E-state index contributed by atoms with van der Waals surface area (Å²) < 4.78 is 13.9. The molecule has 2 aromatic heterocycles. The second kappa shape index (κ2) is 8.56. The Kier molecular flexibility index (Phi) is 5.95. The van der Waals surface area contributed by atoms with Crippen LogP contribution in [0.5, 0.6) is 0 Å². The topological polar surface area (TPSA) is 54.9 Å². The van der Waals surface area contributed by atoms with Crippen LogP contribution in [0.25, 0.3) is 0 Å². The molecule has 0 bridgehead atoms. The zero-order valence-electron chi connectivity index (χ0n) is 15.0. The number of allylic oxidation sites excluding steroid dienone is 1. The summed E-state index contributed by atoms with van der Waals surface area (Å²) in [5.74, 6) is 6.35. The molecular formula is C20H22FN4O+. The van der Waals surface area contributed by atoms with Crippen LogP contribution in [-0.4, -0.2) is 30.2 Å². The lowest BCUT2D eigenvalue weighted by molar-refractivity contribution is -0.829. The van der Waals surface area contributed by atoms with Crippen LogP contribution in [0.3, 0.4) is 0 Å². The SMILES string of the molecule is CO[NH2+]c1cccnc1N1CCC(=CC#Cc2nccc(C)c2F)CC1. The third kappa shape index (κ3) is 4.26. The molecule has 0 amide bonds. The Morgan fingerprint density at radius 3 is 2.81 bits per heavy atom. The average molecular weight is 353 g/mol. The Bertz CT molecular complexity index is 860. The van der Waals surface area contributed by atoms with E-state index in [9.17, 15) is 4.39 Å². The highest BCUT2D eigenvalue weighted by Crippen LogP contribution is 2.24. The number of hydrogen-bond donors (Lipinski definition) is 1. The van der Waals surface area contributed by atoms with Gasteiger partial charge in [-0.2, -0.15) is 5.48 Å². The molecule has 1 aliphatic heterocycles. The van der Waals surface area contributed by atoms with E-state index in [0.29, 0.717) is 5.56 Å².